The molecule has 1 spiro atoms. The van der Waals surface area contributed by atoms with E-state index in [1.807, 2.05) is 0 Å². The summed E-state index contributed by atoms with van der Waals surface area (Å²) in [6.45, 7) is 2.40. The SMILES string of the molecule is ISOCC1CCC2(CC1)OCCO2. The van der Waals surface area contributed by atoms with Crippen molar-refractivity contribution in [1.29, 1.82) is 0 Å². The van der Waals surface area contributed by atoms with Gasteiger partial charge in [0, 0.05) is 34.0 Å². The zero-order valence-corrected chi connectivity index (χ0v) is 11.0. The molecule has 0 radical (unpaired) electrons. The fourth-order valence-electron chi connectivity index (χ4n) is 2.19. The normalized spacial score (nSPS) is 27.2. The Hall–Kier alpha value is 0.960. The molecule has 2 fully saturated rings. The second-order valence-electron chi connectivity index (χ2n) is 3.90. The minimum Gasteiger partial charge on any atom is -0.348 e. The van der Waals surface area contributed by atoms with Crippen LogP contribution >= 0.6 is 30.4 Å². The molecule has 1 saturated carbocycles. The minimum absolute atomic E-state index is 0.214. The quantitative estimate of drug-likeness (QED) is 0.587. The van der Waals surface area contributed by atoms with Crippen molar-refractivity contribution in [3.63, 3.8) is 0 Å². The summed E-state index contributed by atoms with van der Waals surface area (Å²) in [4.78, 5) is 0. The van der Waals surface area contributed by atoms with Gasteiger partial charge >= 0.3 is 0 Å². The van der Waals surface area contributed by atoms with E-state index in [0.717, 1.165) is 45.5 Å². The maximum atomic E-state index is 5.66. The summed E-state index contributed by atoms with van der Waals surface area (Å²) >= 11 is 2.16. The lowest BCUT2D eigenvalue weighted by Gasteiger charge is -2.34. The van der Waals surface area contributed by atoms with Crippen molar-refractivity contribution < 1.29 is 13.7 Å². The molecule has 0 N–H and O–H groups in total. The topological polar surface area (TPSA) is 27.7 Å². The van der Waals surface area contributed by atoms with Crippen LogP contribution in [0.2, 0.25) is 0 Å². The van der Waals surface area contributed by atoms with Crippen LogP contribution in [0, 0.1) is 5.92 Å². The second kappa shape index (κ2) is 5.34. The summed E-state index contributed by atoms with van der Waals surface area (Å²) in [5, 5.41) is 0. The van der Waals surface area contributed by atoms with Crippen LogP contribution in [0.3, 0.4) is 0 Å². The first-order chi connectivity index (χ1) is 6.85. The Morgan fingerprint density at radius 3 is 2.50 bits per heavy atom. The lowest BCUT2D eigenvalue weighted by Crippen LogP contribution is -2.35. The number of hydrogen-bond donors (Lipinski definition) is 0. The van der Waals surface area contributed by atoms with Gasteiger partial charge in [-0.05, 0) is 18.8 Å². The van der Waals surface area contributed by atoms with Gasteiger partial charge in [-0.25, -0.2) is 0 Å². The minimum atomic E-state index is -0.214. The molecule has 0 aromatic rings. The van der Waals surface area contributed by atoms with Gasteiger partial charge in [-0.1, -0.05) is 0 Å². The second-order valence-corrected chi connectivity index (χ2v) is 5.34. The molecule has 1 aliphatic heterocycles. The van der Waals surface area contributed by atoms with Gasteiger partial charge in [0.2, 0.25) is 0 Å². The van der Waals surface area contributed by atoms with Crippen molar-refractivity contribution in [2.75, 3.05) is 19.8 Å². The standard InChI is InChI=1S/C9H15IO3S/c10-14-13-7-8-1-3-9(4-2-8)11-5-6-12-9/h8H,1-7H2. The zero-order chi connectivity index (χ0) is 9.86. The Morgan fingerprint density at radius 1 is 1.29 bits per heavy atom. The number of ether oxygens (including phenoxy) is 2. The van der Waals surface area contributed by atoms with E-state index in [2.05, 4.69) is 21.2 Å². The van der Waals surface area contributed by atoms with Gasteiger partial charge in [-0.2, -0.15) is 0 Å². The summed E-state index contributed by atoms with van der Waals surface area (Å²) in [5.74, 6) is 0.476. The monoisotopic (exact) mass is 330 g/mol. The third-order valence-corrected chi connectivity index (χ3v) is 4.02. The van der Waals surface area contributed by atoms with E-state index >= 15 is 0 Å². The van der Waals surface area contributed by atoms with E-state index < -0.39 is 0 Å². The third-order valence-electron chi connectivity index (χ3n) is 3.03. The highest BCUT2D eigenvalue weighted by Gasteiger charge is 2.40. The average molecular weight is 330 g/mol. The smallest absolute Gasteiger partial charge is 0.168 e. The van der Waals surface area contributed by atoms with Crippen molar-refractivity contribution in [1.82, 2.24) is 0 Å². The molecule has 2 rings (SSSR count). The summed E-state index contributed by atoms with van der Waals surface area (Å²) in [7, 11) is 1.43. The molecule has 2 aliphatic rings. The Bertz CT molecular complexity index is 175. The van der Waals surface area contributed by atoms with E-state index in [4.69, 9.17) is 13.7 Å². The van der Waals surface area contributed by atoms with Gasteiger partial charge in [-0.15, -0.1) is 0 Å². The predicted molar refractivity (Wildman–Crippen MR) is 64.2 cm³/mol. The highest BCUT2D eigenvalue weighted by Crippen LogP contribution is 2.38. The lowest BCUT2D eigenvalue weighted by atomic mass is 9.86. The lowest BCUT2D eigenvalue weighted by molar-refractivity contribution is -0.183. The van der Waals surface area contributed by atoms with E-state index in [1.165, 1.54) is 9.21 Å². The Morgan fingerprint density at radius 2 is 1.93 bits per heavy atom. The van der Waals surface area contributed by atoms with Crippen molar-refractivity contribution in [2.24, 2.45) is 5.92 Å². The fourth-order valence-corrected chi connectivity index (χ4v) is 2.88. The Kier molecular flexibility index (Phi) is 4.36. The van der Waals surface area contributed by atoms with Gasteiger partial charge in [0.15, 0.2) is 5.79 Å². The fraction of sp³-hybridized carbons (Fsp3) is 1.00. The number of halogens is 1. The largest absolute Gasteiger partial charge is 0.348 e. The first-order valence-corrected chi connectivity index (χ1v) is 8.31. The summed E-state index contributed by atoms with van der Waals surface area (Å²) < 4.78 is 16.7. The van der Waals surface area contributed by atoms with Gasteiger partial charge in [0.1, 0.15) is 0 Å². The first kappa shape index (κ1) is 11.4. The first-order valence-electron chi connectivity index (χ1n) is 5.03. The summed E-state index contributed by atoms with van der Waals surface area (Å²) in [5.41, 5.74) is 0. The molecular formula is C9H15IO3S. The molecule has 0 unspecified atom stereocenters. The molecule has 0 atom stereocenters. The Labute approximate surface area is 101 Å². The van der Waals surface area contributed by atoms with E-state index in [0.29, 0.717) is 5.92 Å². The van der Waals surface area contributed by atoms with Gasteiger partial charge in [-0.3, -0.25) is 0 Å². The van der Waals surface area contributed by atoms with Gasteiger partial charge in [0.25, 0.3) is 0 Å². The van der Waals surface area contributed by atoms with Crippen LogP contribution in [-0.4, -0.2) is 25.6 Å². The van der Waals surface area contributed by atoms with Crippen LogP contribution in [0.15, 0.2) is 0 Å². The molecule has 14 heavy (non-hydrogen) atoms. The molecule has 1 aliphatic carbocycles. The molecule has 0 bridgehead atoms. The van der Waals surface area contributed by atoms with Crippen LogP contribution in [-0.2, 0) is 13.7 Å². The van der Waals surface area contributed by atoms with Crippen LogP contribution in [0.25, 0.3) is 0 Å². The van der Waals surface area contributed by atoms with Crippen molar-refractivity contribution >= 4 is 30.4 Å². The van der Waals surface area contributed by atoms with E-state index in [1.54, 1.807) is 0 Å². The van der Waals surface area contributed by atoms with Crippen LogP contribution in [0.1, 0.15) is 25.7 Å². The van der Waals surface area contributed by atoms with E-state index in [-0.39, 0.29) is 5.79 Å². The molecule has 5 heteroatoms. The van der Waals surface area contributed by atoms with Crippen molar-refractivity contribution in [3.05, 3.63) is 0 Å². The zero-order valence-electron chi connectivity index (χ0n) is 8.04. The van der Waals surface area contributed by atoms with E-state index in [9.17, 15) is 0 Å². The molecule has 0 aromatic carbocycles. The number of hydrogen-bond acceptors (Lipinski definition) is 4. The molecule has 82 valence electrons. The van der Waals surface area contributed by atoms with Gasteiger partial charge < -0.3 is 13.7 Å². The molecule has 3 nitrogen and oxygen atoms in total. The highest BCUT2D eigenvalue weighted by molar-refractivity contribution is 14.2. The molecule has 1 saturated heterocycles. The van der Waals surface area contributed by atoms with Crippen LogP contribution in [0.5, 0.6) is 0 Å². The predicted octanol–water partition coefficient (Wildman–Crippen LogP) is 2.93. The molecule has 1 heterocycles. The third kappa shape index (κ3) is 2.75. The molecule has 0 aromatic heterocycles. The molecule has 0 amide bonds. The number of rotatable bonds is 3. The van der Waals surface area contributed by atoms with Crippen molar-refractivity contribution in [3.8, 4) is 0 Å². The summed E-state index contributed by atoms with van der Waals surface area (Å²) in [6, 6.07) is 0. The highest BCUT2D eigenvalue weighted by atomic mass is 127. The van der Waals surface area contributed by atoms with Gasteiger partial charge in [0.05, 0.1) is 29.0 Å². The van der Waals surface area contributed by atoms with Crippen LogP contribution in [0.4, 0.5) is 0 Å². The maximum absolute atomic E-state index is 5.66. The van der Waals surface area contributed by atoms with Crippen molar-refractivity contribution in [2.45, 2.75) is 31.5 Å². The maximum Gasteiger partial charge on any atom is 0.168 e. The Balaban J connectivity index is 1.74. The van der Waals surface area contributed by atoms with Crippen LogP contribution < -0.4 is 0 Å². The summed E-state index contributed by atoms with van der Waals surface area (Å²) in [6.07, 6.45) is 4.40. The average Bonchev–Trinajstić information content (AvgIpc) is 2.66. The molecular weight excluding hydrogens is 315 g/mol.